The molecule has 0 radical (unpaired) electrons. The quantitative estimate of drug-likeness (QED) is 0.613. The lowest BCUT2D eigenvalue weighted by atomic mass is 10.1. The minimum Gasteiger partial charge on any atom is -0.493 e. The summed E-state index contributed by atoms with van der Waals surface area (Å²) in [7, 11) is 3.19. The third-order valence-electron chi connectivity index (χ3n) is 3.23. The Morgan fingerprint density at radius 1 is 1.14 bits per heavy atom. The summed E-state index contributed by atoms with van der Waals surface area (Å²) in [6, 6.07) is 5.49. The molecule has 120 valence electrons. The van der Waals surface area contributed by atoms with Gasteiger partial charge in [-0.1, -0.05) is 6.07 Å². The highest BCUT2D eigenvalue weighted by atomic mass is 16.5. The zero-order valence-corrected chi connectivity index (χ0v) is 13.2. The summed E-state index contributed by atoms with van der Waals surface area (Å²) in [5, 5.41) is 13.5. The molecule has 0 fully saturated rings. The molecule has 5 nitrogen and oxygen atoms in total. The third kappa shape index (κ3) is 6.33. The number of methoxy groups -OCH3 is 2. The summed E-state index contributed by atoms with van der Waals surface area (Å²) in [5.74, 6) is 1.31. The number of rotatable bonds is 11. The van der Waals surface area contributed by atoms with Crippen LogP contribution in [0.15, 0.2) is 18.2 Å². The molecular weight excluding hydrogens is 270 g/mol. The largest absolute Gasteiger partial charge is 0.493 e. The lowest BCUT2D eigenvalue weighted by Gasteiger charge is -2.14. The molecule has 1 aromatic rings. The summed E-state index contributed by atoms with van der Waals surface area (Å²) >= 11 is 0. The number of hydrogen-bond acceptors (Lipinski definition) is 5. The monoisotopic (exact) mass is 297 g/mol. The van der Waals surface area contributed by atoms with Gasteiger partial charge in [-0.25, -0.2) is 0 Å². The van der Waals surface area contributed by atoms with Gasteiger partial charge in [0.2, 0.25) is 0 Å². The summed E-state index contributed by atoms with van der Waals surface area (Å²) < 4.78 is 15.7. The molecule has 0 aliphatic rings. The van der Waals surface area contributed by atoms with Gasteiger partial charge in [-0.05, 0) is 50.6 Å². The fourth-order valence-corrected chi connectivity index (χ4v) is 2.03. The standard InChI is InChI=1S/C16H27NO4/c1-4-21-11-5-9-17-10-8-14(18)13-6-7-15(19-2)16(12-13)20-3/h6-7,12,14,17-18H,4-5,8-11H2,1-3H3. The number of benzene rings is 1. The van der Waals surface area contributed by atoms with Crippen LogP contribution in [-0.2, 0) is 4.74 Å². The maximum atomic E-state index is 10.2. The van der Waals surface area contributed by atoms with E-state index in [4.69, 9.17) is 14.2 Å². The van der Waals surface area contributed by atoms with Gasteiger partial charge < -0.3 is 24.6 Å². The molecule has 1 unspecified atom stereocenters. The van der Waals surface area contributed by atoms with Gasteiger partial charge in [-0.15, -0.1) is 0 Å². The van der Waals surface area contributed by atoms with Crippen LogP contribution in [0.25, 0.3) is 0 Å². The van der Waals surface area contributed by atoms with E-state index >= 15 is 0 Å². The van der Waals surface area contributed by atoms with Crippen LogP contribution < -0.4 is 14.8 Å². The summed E-state index contributed by atoms with van der Waals surface area (Å²) in [4.78, 5) is 0. The van der Waals surface area contributed by atoms with E-state index in [1.165, 1.54) is 0 Å². The Morgan fingerprint density at radius 2 is 1.90 bits per heavy atom. The second kappa shape index (κ2) is 10.4. The van der Waals surface area contributed by atoms with Gasteiger partial charge in [0.15, 0.2) is 11.5 Å². The maximum absolute atomic E-state index is 10.2. The highest BCUT2D eigenvalue weighted by Gasteiger charge is 2.11. The Balaban J connectivity index is 2.33. The molecule has 0 aromatic heterocycles. The van der Waals surface area contributed by atoms with Crippen molar-refractivity contribution in [3.05, 3.63) is 23.8 Å². The molecule has 5 heteroatoms. The molecule has 0 saturated heterocycles. The van der Waals surface area contributed by atoms with Crippen LogP contribution in [-0.4, -0.2) is 45.6 Å². The first kappa shape index (κ1) is 17.8. The van der Waals surface area contributed by atoms with Gasteiger partial charge in [0, 0.05) is 13.2 Å². The average Bonchev–Trinajstić information content (AvgIpc) is 2.53. The lowest BCUT2D eigenvalue weighted by molar-refractivity contribution is 0.143. The Hall–Kier alpha value is -1.30. The summed E-state index contributed by atoms with van der Waals surface area (Å²) in [5.41, 5.74) is 0.837. The molecule has 0 amide bonds. The van der Waals surface area contributed by atoms with Crippen LogP contribution in [0.2, 0.25) is 0 Å². The van der Waals surface area contributed by atoms with Crippen LogP contribution in [0.5, 0.6) is 11.5 Å². The van der Waals surface area contributed by atoms with Crippen molar-refractivity contribution in [3.8, 4) is 11.5 Å². The zero-order chi connectivity index (χ0) is 15.5. The fourth-order valence-electron chi connectivity index (χ4n) is 2.03. The van der Waals surface area contributed by atoms with Crippen LogP contribution >= 0.6 is 0 Å². The van der Waals surface area contributed by atoms with Gasteiger partial charge in [0.1, 0.15) is 0 Å². The first-order valence-corrected chi connectivity index (χ1v) is 7.41. The number of ether oxygens (including phenoxy) is 3. The Morgan fingerprint density at radius 3 is 2.57 bits per heavy atom. The van der Waals surface area contributed by atoms with Crippen LogP contribution in [0, 0.1) is 0 Å². The highest BCUT2D eigenvalue weighted by Crippen LogP contribution is 2.30. The molecule has 0 aliphatic heterocycles. The van der Waals surface area contributed by atoms with E-state index in [1.54, 1.807) is 14.2 Å². The Labute approximate surface area is 127 Å². The van der Waals surface area contributed by atoms with E-state index in [9.17, 15) is 5.11 Å². The van der Waals surface area contributed by atoms with E-state index < -0.39 is 6.10 Å². The van der Waals surface area contributed by atoms with Crippen molar-refractivity contribution in [3.63, 3.8) is 0 Å². The summed E-state index contributed by atoms with van der Waals surface area (Å²) in [6.07, 6.45) is 1.13. The van der Waals surface area contributed by atoms with Gasteiger partial charge in [-0.2, -0.15) is 0 Å². The van der Waals surface area contributed by atoms with Crippen molar-refractivity contribution in [2.24, 2.45) is 0 Å². The number of aliphatic hydroxyl groups excluding tert-OH is 1. The fraction of sp³-hybridized carbons (Fsp3) is 0.625. The van der Waals surface area contributed by atoms with E-state index in [2.05, 4.69) is 5.32 Å². The molecule has 2 N–H and O–H groups in total. The predicted octanol–water partition coefficient (Wildman–Crippen LogP) is 2.14. The molecule has 0 aliphatic carbocycles. The van der Waals surface area contributed by atoms with Crippen molar-refractivity contribution in [2.45, 2.75) is 25.9 Å². The second-order valence-corrected chi connectivity index (χ2v) is 4.72. The maximum Gasteiger partial charge on any atom is 0.161 e. The van der Waals surface area contributed by atoms with Crippen molar-refractivity contribution >= 4 is 0 Å². The van der Waals surface area contributed by atoms with Crippen molar-refractivity contribution in [2.75, 3.05) is 40.5 Å². The van der Waals surface area contributed by atoms with Crippen molar-refractivity contribution in [1.82, 2.24) is 5.32 Å². The molecule has 0 saturated carbocycles. The van der Waals surface area contributed by atoms with Crippen LogP contribution in [0.1, 0.15) is 31.4 Å². The highest BCUT2D eigenvalue weighted by molar-refractivity contribution is 5.43. The Kier molecular flexibility index (Phi) is 8.82. The number of hydrogen-bond donors (Lipinski definition) is 2. The molecule has 1 aromatic carbocycles. The SMILES string of the molecule is CCOCCCNCCC(O)c1ccc(OC)c(OC)c1. The third-order valence-corrected chi connectivity index (χ3v) is 3.23. The minimum atomic E-state index is -0.510. The molecule has 0 heterocycles. The average molecular weight is 297 g/mol. The number of nitrogens with one attached hydrogen (secondary N) is 1. The van der Waals surface area contributed by atoms with Crippen LogP contribution in [0.4, 0.5) is 0 Å². The van der Waals surface area contributed by atoms with E-state index in [0.717, 1.165) is 38.3 Å². The topological polar surface area (TPSA) is 60.0 Å². The second-order valence-electron chi connectivity index (χ2n) is 4.72. The Bertz CT molecular complexity index is 398. The van der Waals surface area contributed by atoms with Crippen LogP contribution in [0.3, 0.4) is 0 Å². The van der Waals surface area contributed by atoms with E-state index in [0.29, 0.717) is 17.9 Å². The van der Waals surface area contributed by atoms with Crippen molar-refractivity contribution < 1.29 is 19.3 Å². The summed E-state index contributed by atoms with van der Waals surface area (Å²) in [6.45, 7) is 5.20. The van der Waals surface area contributed by atoms with Gasteiger partial charge in [-0.3, -0.25) is 0 Å². The van der Waals surface area contributed by atoms with Gasteiger partial charge in [0.05, 0.1) is 20.3 Å². The molecule has 0 spiro atoms. The van der Waals surface area contributed by atoms with Gasteiger partial charge in [0.25, 0.3) is 0 Å². The predicted molar refractivity (Wildman–Crippen MR) is 83.1 cm³/mol. The molecule has 1 atom stereocenters. The van der Waals surface area contributed by atoms with E-state index in [-0.39, 0.29) is 0 Å². The first-order valence-electron chi connectivity index (χ1n) is 7.41. The van der Waals surface area contributed by atoms with Crippen molar-refractivity contribution in [1.29, 1.82) is 0 Å². The lowest BCUT2D eigenvalue weighted by Crippen LogP contribution is -2.20. The smallest absolute Gasteiger partial charge is 0.161 e. The minimum absolute atomic E-state index is 0.510. The first-order chi connectivity index (χ1) is 10.2. The van der Waals surface area contributed by atoms with Gasteiger partial charge >= 0.3 is 0 Å². The normalized spacial score (nSPS) is 12.2. The molecular formula is C16H27NO4. The molecule has 21 heavy (non-hydrogen) atoms. The molecule has 1 rings (SSSR count). The number of aliphatic hydroxyl groups is 1. The molecule has 0 bridgehead atoms. The zero-order valence-electron chi connectivity index (χ0n) is 13.2. The van der Waals surface area contributed by atoms with E-state index in [1.807, 2.05) is 25.1 Å².